The Kier molecular flexibility index (Phi) is 21.9. The largest absolute Gasteiger partial charge is 1.00 e. The molecule has 4 N–H and O–H groups in total. The smallest absolute Gasteiger partial charge is 0.822 e. The summed E-state index contributed by atoms with van der Waals surface area (Å²) in [6.45, 7) is 0. The molecule has 0 aliphatic carbocycles. The zero-order valence-electron chi connectivity index (χ0n) is 5.80. The van der Waals surface area contributed by atoms with Gasteiger partial charge in [0.05, 0.1) is 0 Å². The van der Waals surface area contributed by atoms with Crippen molar-refractivity contribution >= 4 is 17.0 Å². The standard InChI is InChI=1S/H3N.Na.H3O4P.O3Si/c;;1-5(2,3)4;1-4(2)3/h1H3;;(H3,1,2,3,4);/q;+1;;-2/p-2. The predicted octanol–water partition coefficient (Wildman–Crippen LogP) is -8.32. The number of hydrogen-bond donors (Lipinski definition) is 1. The van der Waals surface area contributed by atoms with Gasteiger partial charge in [0, 0.05) is 9.17 Å². The van der Waals surface area contributed by atoms with Gasteiger partial charge < -0.3 is 39.4 Å². The minimum Gasteiger partial charge on any atom is -0.822 e. The van der Waals surface area contributed by atoms with Gasteiger partial charge in [-0.25, -0.2) is 0 Å². The SMILES string of the molecule is O=P([O-])([O-])[O-].O=[Si]([O-])[O-].[NH4+].[Na+]. The van der Waals surface area contributed by atoms with Gasteiger partial charge in [0.15, 0.2) is 0 Å². The second-order valence-electron chi connectivity index (χ2n) is 0.697. The molecular weight excluding hydrogens is 208 g/mol. The van der Waals surface area contributed by atoms with Crippen molar-refractivity contribution in [3.05, 3.63) is 0 Å². The van der Waals surface area contributed by atoms with E-state index in [0.717, 1.165) is 0 Å². The first-order valence-electron chi connectivity index (χ1n) is 1.34. The van der Waals surface area contributed by atoms with Crippen molar-refractivity contribution in [2.45, 2.75) is 0 Å². The molecule has 0 aromatic carbocycles. The Labute approximate surface area is 85.9 Å². The van der Waals surface area contributed by atoms with Crippen LogP contribution in [-0.4, -0.2) is 9.17 Å². The van der Waals surface area contributed by atoms with Gasteiger partial charge in [-0.1, -0.05) is 0 Å². The molecule has 11 heteroatoms. The van der Waals surface area contributed by atoms with E-state index in [1.54, 1.807) is 0 Å². The molecule has 0 radical (unpaired) electrons. The van der Waals surface area contributed by atoms with E-state index >= 15 is 0 Å². The van der Waals surface area contributed by atoms with Crippen molar-refractivity contribution in [2.75, 3.05) is 0 Å². The number of quaternary nitrogens is 1. The Morgan fingerprint density at radius 3 is 1.09 bits per heavy atom. The van der Waals surface area contributed by atoms with Crippen LogP contribution in [0.4, 0.5) is 0 Å². The Hall–Kier alpha value is 0.687. The molecule has 64 valence electrons. The maximum atomic E-state index is 8.55. The summed E-state index contributed by atoms with van der Waals surface area (Å²) >= 11 is 0. The molecule has 0 amide bonds. The summed E-state index contributed by atoms with van der Waals surface area (Å²) in [6, 6.07) is 0. The Morgan fingerprint density at radius 2 is 1.09 bits per heavy atom. The molecule has 0 saturated carbocycles. The van der Waals surface area contributed by atoms with Crippen LogP contribution in [0.5, 0.6) is 0 Å². The van der Waals surface area contributed by atoms with E-state index < -0.39 is 17.0 Å². The summed E-state index contributed by atoms with van der Waals surface area (Å²) in [5, 5.41) is 0. The zero-order valence-corrected chi connectivity index (χ0v) is 9.70. The summed E-state index contributed by atoms with van der Waals surface area (Å²) in [5.74, 6) is 0. The van der Waals surface area contributed by atoms with E-state index in [1.807, 2.05) is 0 Å². The zero-order chi connectivity index (χ0) is 8.08. The molecule has 0 fully saturated rings. The van der Waals surface area contributed by atoms with Crippen molar-refractivity contribution in [3.63, 3.8) is 0 Å². The molecule has 0 bridgehead atoms. The number of hydrogen-bond acceptors (Lipinski definition) is 7. The van der Waals surface area contributed by atoms with Crippen molar-refractivity contribution in [2.24, 2.45) is 0 Å². The Morgan fingerprint density at radius 1 is 1.09 bits per heavy atom. The third-order valence-corrected chi connectivity index (χ3v) is 0. The monoisotopic (exact) mass is 212 g/mol. The van der Waals surface area contributed by atoms with Gasteiger partial charge in [-0.05, 0) is 0 Å². The fraction of sp³-hybridized carbons (Fsp3) is 0. The van der Waals surface area contributed by atoms with Gasteiger partial charge in [0.1, 0.15) is 0 Å². The van der Waals surface area contributed by atoms with E-state index in [9.17, 15) is 0 Å². The van der Waals surface area contributed by atoms with Gasteiger partial charge in [0.25, 0.3) is 0 Å². The minimum absolute atomic E-state index is 0. The molecule has 0 unspecified atom stereocenters. The summed E-state index contributed by atoms with van der Waals surface area (Å²) < 4.78 is 17.1. The third kappa shape index (κ3) is 1710. The Bertz CT molecular complexity index is 118. The van der Waals surface area contributed by atoms with Crippen LogP contribution in [0, 0.1) is 0 Å². The second kappa shape index (κ2) is 10.7. The first-order valence-corrected chi connectivity index (χ1v) is 4.03. The Balaban J connectivity index is -0.0000000383. The minimum atomic E-state index is -5.39. The molecule has 0 aromatic heterocycles. The van der Waals surface area contributed by atoms with Crippen LogP contribution in [0.3, 0.4) is 0 Å². The summed E-state index contributed by atoms with van der Waals surface area (Å²) in [5.41, 5.74) is 0. The van der Waals surface area contributed by atoms with Gasteiger partial charge in [0.2, 0.25) is 0 Å². The van der Waals surface area contributed by atoms with Crippen LogP contribution in [0.2, 0.25) is 0 Å². The molecule has 0 aliphatic heterocycles. The van der Waals surface area contributed by atoms with E-state index in [2.05, 4.69) is 0 Å². The molecule has 0 saturated heterocycles. The average molecular weight is 212 g/mol. The molecule has 0 heterocycles. The normalized spacial score (nSPS) is 7.55. The van der Waals surface area contributed by atoms with Gasteiger partial charge in [-0.3, -0.25) is 0 Å². The van der Waals surface area contributed by atoms with Gasteiger partial charge in [-0.15, -0.1) is 0 Å². The van der Waals surface area contributed by atoms with Crippen LogP contribution >= 0.6 is 7.82 Å². The van der Waals surface area contributed by atoms with Crippen LogP contribution in [0.1, 0.15) is 0 Å². The van der Waals surface area contributed by atoms with Crippen molar-refractivity contribution in [1.82, 2.24) is 6.15 Å². The summed E-state index contributed by atoms with van der Waals surface area (Å²) in [7, 11) is -9.02. The van der Waals surface area contributed by atoms with Crippen molar-refractivity contribution in [3.8, 4) is 0 Å². The quantitative estimate of drug-likeness (QED) is 0.304. The topological polar surface area (TPSA) is 186 Å². The average Bonchev–Trinajstić information content (AvgIpc) is 1.19. The molecular formula is H4NNaO7PSi-3. The van der Waals surface area contributed by atoms with Crippen molar-refractivity contribution < 1.29 is 62.9 Å². The second-order valence-corrected chi connectivity index (χ2v) is 2.09. The van der Waals surface area contributed by atoms with Crippen LogP contribution in [-0.2, 0) is 9.03 Å². The van der Waals surface area contributed by atoms with E-state index in [1.165, 1.54) is 0 Å². The van der Waals surface area contributed by atoms with Crippen LogP contribution < -0.4 is 60.0 Å². The third-order valence-electron chi connectivity index (χ3n) is 0. The molecule has 0 rings (SSSR count). The first-order chi connectivity index (χ1) is 3.73. The van der Waals surface area contributed by atoms with Crippen molar-refractivity contribution in [1.29, 1.82) is 0 Å². The van der Waals surface area contributed by atoms with E-state index in [-0.39, 0.29) is 35.7 Å². The fourth-order valence-electron chi connectivity index (χ4n) is 0. The first kappa shape index (κ1) is 22.6. The summed E-state index contributed by atoms with van der Waals surface area (Å²) in [6.07, 6.45) is 0. The number of phosphoric acid groups is 1. The van der Waals surface area contributed by atoms with E-state index in [0.29, 0.717) is 0 Å². The fourth-order valence-corrected chi connectivity index (χ4v) is 0. The molecule has 8 nitrogen and oxygen atoms in total. The molecule has 11 heavy (non-hydrogen) atoms. The van der Waals surface area contributed by atoms with Crippen LogP contribution in [0.25, 0.3) is 0 Å². The summed E-state index contributed by atoms with van der Waals surface area (Å²) in [4.78, 5) is 42.7. The van der Waals surface area contributed by atoms with Crippen LogP contribution in [0.15, 0.2) is 0 Å². The molecule has 0 aliphatic rings. The maximum Gasteiger partial charge on any atom is 1.00 e. The van der Waals surface area contributed by atoms with Gasteiger partial charge >= 0.3 is 29.6 Å². The van der Waals surface area contributed by atoms with E-state index in [4.69, 9.17) is 33.3 Å². The van der Waals surface area contributed by atoms with Gasteiger partial charge in [-0.2, -0.15) is 7.82 Å². The molecule has 0 aromatic rings. The number of rotatable bonds is 0. The molecule has 0 atom stereocenters. The molecule has 0 spiro atoms. The predicted molar refractivity (Wildman–Crippen MR) is 20.0 cm³/mol. The maximum absolute atomic E-state index is 8.55.